The maximum atomic E-state index is 12.9. The van der Waals surface area contributed by atoms with Crippen LogP contribution in [0.4, 0.5) is 17.3 Å². The van der Waals surface area contributed by atoms with Gasteiger partial charge in [-0.05, 0) is 35.9 Å². The monoisotopic (exact) mass is 468 g/mol. The van der Waals surface area contributed by atoms with Crippen LogP contribution in [0, 0.1) is 0 Å². The van der Waals surface area contributed by atoms with Gasteiger partial charge in [0.15, 0.2) is 11.6 Å². The average Bonchev–Trinajstić information content (AvgIpc) is 3.26. The van der Waals surface area contributed by atoms with Gasteiger partial charge >= 0.3 is 0 Å². The molecular formula is C21H18Cl2N8O. The van der Waals surface area contributed by atoms with E-state index < -0.39 is 0 Å². The molecule has 2 heterocycles. The van der Waals surface area contributed by atoms with E-state index in [1.807, 2.05) is 30.3 Å². The van der Waals surface area contributed by atoms with Gasteiger partial charge in [0.1, 0.15) is 17.8 Å². The third kappa shape index (κ3) is 5.19. The van der Waals surface area contributed by atoms with Crippen LogP contribution >= 0.6 is 23.2 Å². The number of benzene rings is 2. The second-order valence-corrected chi connectivity index (χ2v) is 7.52. The lowest BCUT2D eigenvalue weighted by Gasteiger charge is -2.10. The molecule has 0 fully saturated rings. The summed E-state index contributed by atoms with van der Waals surface area (Å²) in [5.74, 6) is 1.13. The SMILES string of the molecule is O=C(Cc1ccc2ncnc(Nc3cccc(Cl)c3)c2c1)c1[nH]cnc1NN=NCCCl. The molecule has 4 aromatic rings. The molecule has 11 heteroatoms. The number of nitrogens with zero attached hydrogens (tertiary/aromatic N) is 5. The molecule has 0 spiro atoms. The Morgan fingerprint density at radius 1 is 1.09 bits per heavy atom. The highest BCUT2D eigenvalue weighted by molar-refractivity contribution is 6.30. The van der Waals surface area contributed by atoms with Crippen LogP contribution < -0.4 is 10.7 Å². The highest BCUT2D eigenvalue weighted by Gasteiger charge is 2.16. The molecule has 0 atom stereocenters. The van der Waals surface area contributed by atoms with Crippen LogP contribution in [0.1, 0.15) is 16.1 Å². The van der Waals surface area contributed by atoms with Crippen LogP contribution in [0.3, 0.4) is 0 Å². The van der Waals surface area contributed by atoms with Crippen LogP contribution in [0.2, 0.25) is 5.02 Å². The van der Waals surface area contributed by atoms with Gasteiger partial charge in [0, 0.05) is 28.4 Å². The van der Waals surface area contributed by atoms with E-state index in [1.54, 1.807) is 12.1 Å². The number of ketones is 1. The molecule has 0 saturated carbocycles. The highest BCUT2D eigenvalue weighted by Crippen LogP contribution is 2.26. The van der Waals surface area contributed by atoms with Crippen LogP contribution in [-0.2, 0) is 6.42 Å². The fraction of sp³-hybridized carbons (Fsp3) is 0.143. The Bertz CT molecular complexity index is 1270. The van der Waals surface area contributed by atoms with Crippen molar-refractivity contribution in [3.05, 3.63) is 71.4 Å². The van der Waals surface area contributed by atoms with Gasteiger partial charge in [-0.25, -0.2) is 20.4 Å². The fourth-order valence-corrected chi connectivity index (χ4v) is 3.32. The van der Waals surface area contributed by atoms with Crippen molar-refractivity contribution in [1.29, 1.82) is 0 Å². The zero-order valence-electron chi connectivity index (χ0n) is 16.7. The summed E-state index contributed by atoms with van der Waals surface area (Å²) >= 11 is 11.6. The van der Waals surface area contributed by atoms with E-state index in [2.05, 4.69) is 41.0 Å². The van der Waals surface area contributed by atoms with E-state index in [0.29, 0.717) is 34.8 Å². The van der Waals surface area contributed by atoms with Crippen molar-refractivity contribution < 1.29 is 4.79 Å². The summed E-state index contributed by atoms with van der Waals surface area (Å²) in [6, 6.07) is 13.0. The van der Waals surface area contributed by atoms with Crippen molar-refractivity contribution in [2.75, 3.05) is 23.2 Å². The summed E-state index contributed by atoms with van der Waals surface area (Å²) in [4.78, 5) is 28.5. The minimum atomic E-state index is -0.155. The standard InChI is InChI=1S/C21H18Cl2N8O/c22-6-7-28-31-30-21-19(25-12-27-21)18(32)9-13-4-5-17-16(8-13)20(26-11-24-17)29-15-3-1-2-14(23)10-15/h1-5,8,10-12H,6-7,9H2,(H,25,27)(H,28,30)(H,24,26,29). The Balaban J connectivity index is 1.55. The Morgan fingerprint density at radius 3 is 2.84 bits per heavy atom. The molecule has 0 radical (unpaired) electrons. The van der Waals surface area contributed by atoms with E-state index in [0.717, 1.165) is 22.2 Å². The van der Waals surface area contributed by atoms with Crippen molar-refractivity contribution in [3.8, 4) is 0 Å². The topological polar surface area (TPSA) is 120 Å². The van der Waals surface area contributed by atoms with Gasteiger partial charge in [0.2, 0.25) is 0 Å². The Kier molecular flexibility index (Phi) is 6.88. The van der Waals surface area contributed by atoms with E-state index in [-0.39, 0.29) is 12.2 Å². The summed E-state index contributed by atoms with van der Waals surface area (Å²) in [6.07, 6.45) is 3.06. The van der Waals surface area contributed by atoms with E-state index in [4.69, 9.17) is 23.2 Å². The number of carbonyl (C=O) groups excluding carboxylic acids is 1. The number of fused-ring (bicyclic) bond motifs is 1. The minimum Gasteiger partial charge on any atom is -0.340 e. The molecule has 0 saturated heterocycles. The quantitative estimate of drug-likeness (QED) is 0.134. The Morgan fingerprint density at radius 2 is 2.00 bits per heavy atom. The molecule has 4 rings (SSSR count). The normalized spacial score (nSPS) is 11.2. The van der Waals surface area contributed by atoms with E-state index >= 15 is 0 Å². The number of aromatic nitrogens is 4. The second kappa shape index (κ2) is 10.2. The van der Waals surface area contributed by atoms with Gasteiger partial charge in [0.25, 0.3) is 0 Å². The number of carbonyl (C=O) groups is 1. The van der Waals surface area contributed by atoms with Crippen LogP contribution in [0.25, 0.3) is 10.9 Å². The van der Waals surface area contributed by atoms with Crippen molar-refractivity contribution in [3.63, 3.8) is 0 Å². The molecule has 2 aromatic heterocycles. The zero-order chi connectivity index (χ0) is 22.3. The lowest BCUT2D eigenvalue weighted by Crippen LogP contribution is -2.07. The van der Waals surface area contributed by atoms with Gasteiger partial charge in [-0.15, -0.1) is 11.6 Å². The number of aromatic amines is 1. The molecule has 9 nitrogen and oxygen atoms in total. The van der Waals surface area contributed by atoms with Gasteiger partial charge in [-0.2, -0.15) is 5.11 Å². The molecular weight excluding hydrogens is 451 g/mol. The summed E-state index contributed by atoms with van der Waals surface area (Å²) in [5, 5.41) is 12.3. The summed E-state index contributed by atoms with van der Waals surface area (Å²) < 4.78 is 0. The first-order valence-electron chi connectivity index (χ1n) is 9.65. The molecule has 0 bridgehead atoms. The maximum Gasteiger partial charge on any atom is 0.187 e. The van der Waals surface area contributed by atoms with Gasteiger partial charge in [-0.1, -0.05) is 29.0 Å². The molecule has 0 aliphatic rings. The second-order valence-electron chi connectivity index (χ2n) is 6.70. The van der Waals surface area contributed by atoms with Crippen LogP contribution in [0.15, 0.2) is 65.5 Å². The number of alkyl halides is 1. The van der Waals surface area contributed by atoms with Crippen LogP contribution in [0.5, 0.6) is 0 Å². The number of hydrogen-bond donors (Lipinski definition) is 3. The smallest absolute Gasteiger partial charge is 0.187 e. The van der Waals surface area contributed by atoms with Crippen molar-refractivity contribution in [2.24, 2.45) is 10.3 Å². The number of Topliss-reactive ketones (excluding diaryl/α,β-unsaturated/α-hetero) is 1. The number of H-pyrrole nitrogens is 1. The van der Waals surface area contributed by atoms with Gasteiger partial charge < -0.3 is 10.3 Å². The number of imidazole rings is 1. The van der Waals surface area contributed by atoms with Crippen molar-refractivity contribution in [1.82, 2.24) is 19.9 Å². The average molecular weight is 469 g/mol. The maximum absolute atomic E-state index is 12.9. The minimum absolute atomic E-state index is 0.150. The highest BCUT2D eigenvalue weighted by atomic mass is 35.5. The lowest BCUT2D eigenvalue weighted by atomic mass is 10.0. The first kappa shape index (κ1) is 21.7. The largest absolute Gasteiger partial charge is 0.340 e. The number of anilines is 3. The summed E-state index contributed by atoms with van der Waals surface area (Å²) in [5.41, 5.74) is 5.33. The van der Waals surface area contributed by atoms with E-state index in [9.17, 15) is 4.79 Å². The fourth-order valence-electron chi connectivity index (χ4n) is 3.05. The predicted molar refractivity (Wildman–Crippen MR) is 125 cm³/mol. The third-order valence-electron chi connectivity index (χ3n) is 4.48. The molecule has 162 valence electrons. The lowest BCUT2D eigenvalue weighted by molar-refractivity contribution is 0.0989. The number of hydrogen-bond acceptors (Lipinski definition) is 7. The first-order valence-corrected chi connectivity index (χ1v) is 10.6. The molecule has 3 N–H and O–H groups in total. The number of rotatable bonds is 9. The van der Waals surface area contributed by atoms with Crippen molar-refractivity contribution in [2.45, 2.75) is 6.42 Å². The Labute approximate surface area is 193 Å². The van der Waals surface area contributed by atoms with E-state index in [1.165, 1.54) is 12.7 Å². The van der Waals surface area contributed by atoms with Crippen LogP contribution in [-0.4, -0.2) is 38.1 Å². The first-order chi connectivity index (χ1) is 15.6. The molecule has 2 aromatic carbocycles. The molecule has 32 heavy (non-hydrogen) atoms. The third-order valence-corrected chi connectivity index (χ3v) is 4.89. The van der Waals surface area contributed by atoms with Gasteiger partial charge in [0.05, 0.1) is 18.4 Å². The predicted octanol–water partition coefficient (Wildman–Crippen LogP) is 5.19. The Hall–Kier alpha value is -3.56. The molecule has 0 aliphatic carbocycles. The molecule has 0 aliphatic heterocycles. The summed E-state index contributed by atoms with van der Waals surface area (Å²) in [7, 11) is 0. The molecule has 0 amide bonds. The number of halogens is 2. The number of nitrogens with one attached hydrogen (secondary N) is 3. The van der Waals surface area contributed by atoms with Gasteiger partial charge in [-0.3, -0.25) is 4.79 Å². The summed E-state index contributed by atoms with van der Waals surface area (Å²) in [6.45, 7) is 0.368. The zero-order valence-corrected chi connectivity index (χ0v) is 18.2. The van der Waals surface area contributed by atoms with Crippen molar-refractivity contribution >= 4 is 57.2 Å². The molecule has 0 unspecified atom stereocenters.